The van der Waals surface area contributed by atoms with Gasteiger partial charge in [-0.1, -0.05) is 13.8 Å². The van der Waals surface area contributed by atoms with Crippen molar-refractivity contribution in [2.45, 2.75) is 39.1 Å². The highest BCUT2D eigenvalue weighted by Crippen LogP contribution is 2.20. The summed E-state index contributed by atoms with van der Waals surface area (Å²) < 4.78 is 10.3. The van der Waals surface area contributed by atoms with E-state index in [2.05, 4.69) is 0 Å². The first-order chi connectivity index (χ1) is 8.10. The lowest BCUT2D eigenvalue weighted by molar-refractivity contribution is -0.134. The smallest absolute Gasteiger partial charge is 0.331 e. The molecule has 1 aliphatic rings. The molecule has 98 valence electrons. The molecule has 3 amide bonds. The first-order valence-electron chi connectivity index (χ1n) is 5.78. The van der Waals surface area contributed by atoms with E-state index in [4.69, 9.17) is 9.47 Å². The van der Waals surface area contributed by atoms with Crippen molar-refractivity contribution in [1.29, 1.82) is 0 Å². The number of hydrogen-bond acceptors (Lipinski definition) is 4. The van der Waals surface area contributed by atoms with Gasteiger partial charge in [-0.2, -0.15) is 0 Å². The Hall–Kier alpha value is -1.14. The standard InChI is InChI=1S/C11H20N2O4/c1-5-9(16-3)12-7-8(14)13(11(12)15)10(6-2)17-4/h9-10H,5-7H2,1-4H3. The molecular formula is C11H20N2O4. The predicted octanol–water partition coefficient (Wildman–Crippen LogP) is 1.02. The predicted molar refractivity (Wildman–Crippen MR) is 61.1 cm³/mol. The van der Waals surface area contributed by atoms with Crippen LogP contribution in [0.15, 0.2) is 0 Å². The molecule has 0 aromatic rings. The van der Waals surface area contributed by atoms with Crippen molar-refractivity contribution in [2.75, 3.05) is 20.8 Å². The minimum absolute atomic E-state index is 0.0606. The molecule has 0 N–H and O–H groups in total. The van der Waals surface area contributed by atoms with Crippen LogP contribution in [0.4, 0.5) is 4.79 Å². The number of urea groups is 1. The molecule has 0 saturated carbocycles. The molecule has 0 aromatic carbocycles. The van der Waals surface area contributed by atoms with Crippen LogP contribution in [0.2, 0.25) is 0 Å². The Morgan fingerprint density at radius 2 is 1.65 bits per heavy atom. The molecule has 0 aromatic heterocycles. The molecule has 6 nitrogen and oxygen atoms in total. The minimum atomic E-state index is -0.491. The molecule has 0 spiro atoms. The lowest BCUT2D eigenvalue weighted by Gasteiger charge is -2.27. The van der Waals surface area contributed by atoms with Crippen LogP contribution in [0.5, 0.6) is 0 Å². The fraction of sp³-hybridized carbons (Fsp3) is 0.818. The van der Waals surface area contributed by atoms with Crippen LogP contribution in [0.25, 0.3) is 0 Å². The van der Waals surface area contributed by atoms with Gasteiger partial charge >= 0.3 is 6.03 Å². The van der Waals surface area contributed by atoms with Crippen molar-refractivity contribution in [3.8, 4) is 0 Å². The third-order valence-electron chi connectivity index (χ3n) is 2.90. The molecule has 2 atom stereocenters. The second kappa shape index (κ2) is 5.97. The number of carbonyl (C=O) groups is 2. The van der Waals surface area contributed by atoms with Gasteiger partial charge in [-0.15, -0.1) is 0 Å². The second-order valence-corrected chi connectivity index (χ2v) is 3.87. The number of ether oxygens (including phenoxy) is 2. The molecule has 0 radical (unpaired) electrons. The Balaban J connectivity index is 2.84. The molecule has 1 heterocycles. The van der Waals surface area contributed by atoms with Crippen LogP contribution in [0.1, 0.15) is 26.7 Å². The van der Waals surface area contributed by atoms with Gasteiger partial charge in [-0.25, -0.2) is 9.69 Å². The van der Waals surface area contributed by atoms with Crippen molar-refractivity contribution >= 4 is 11.9 Å². The fourth-order valence-corrected chi connectivity index (χ4v) is 2.01. The van der Waals surface area contributed by atoms with Crippen LogP contribution in [-0.4, -0.2) is 55.0 Å². The zero-order valence-electron chi connectivity index (χ0n) is 10.8. The quantitative estimate of drug-likeness (QED) is 0.654. The molecule has 0 aliphatic carbocycles. The highest BCUT2D eigenvalue weighted by molar-refractivity contribution is 6.02. The molecule has 1 aliphatic heterocycles. The van der Waals surface area contributed by atoms with Crippen LogP contribution in [0.3, 0.4) is 0 Å². The van der Waals surface area contributed by atoms with Crippen molar-refractivity contribution in [3.05, 3.63) is 0 Å². The number of carbonyl (C=O) groups excluding carboxylic acids is 2. The zero-order valence-corrected chi connectivity index (χ0v) is 10.8. The Kier molecular flexibility index (Phi) is 4.89. The van der Waals surface area contributed by atoms with Crippen LogP contribution in [-0.2, 0) is 14.3 Å². The number of nitrogens with zero attached hydrogens (tertiary/aromatic N) is 2. The maximum absolute atomic E-state index is 12.1. The van der Waals surface area contributed by atoms with Gasteiger partial charge in [0.15, 0.2) is 0 Å². The summed E-state index contributed by atoms with van der Waals surface area (Å²) in [6.07, 6.45) is 0.374. The van der Waals surface area contributed by atoms with E-state index in [1.807, 2.05) is 13.8 Å². The number of amides is 3. The van der Waals surface area contributed by atoms with Crippen LogP contribution < -0.4 is 0 Å². The SMILES string of the molecule is CCC(OC)N1CC(=O)N(C(CC)OC)C1=O. The lowest BCUT2D eigenvalue weighted by Crippen LogP contribution is -2.44. The number of rotatable bonds is 6. The molecule has 1 fully saturated rings. The monoisotopic (exact) mass is 244 g/mol. The van der Waals surface area contributed by atoms with Crippen molar-refractivity contribution in [2.24, 2.45) is 0 Å². The van der Waals surface area contributed by atoms with Gasteiger partial charge in [0.25, 0.3) is 5.91 Å². The highest BCUT2D eigenvalue weighted by Gasteiger charge is 2.42. The van der Waals surface area contributed by atoms with E-state index in [9.17, 15) is 9.59 Å². The maximum Gasteiger partial charge on any atom is 0.331 e. The minimum Gasteiger partial charge on any atom is -0.361 e. The average Bonchev–Trinajstić information content (AvgIpc) is 2.61. The maximum atomic E-state index is 12.1. The number of hydrogen-bond donors (Lipinski definition) is 0. The fourth-order valence-electron chi connectivity index (χ4n) is 2.01. The number of methoxy groups -OCH3 is 2. The second-order valence-electron chi connectivity index (χ2n) is 3.87. The largest absolute Gasteiger partial charge is 0.361 e. The van der Waals surface area contributed by atoms with Crippen LogP contribution >= 0.6 is 0 Å². The summed E-state index contributed by atoms with van der Waals surface area (Å²) in [5, 5.41) is 0. The van der Waals surface area contributed by atoms with E-state index in [0.717, 1.165) is 0 Å². The summed E-state index contributed by atoms with van der Waals surface area (Å²) in [4.78, 5) is 26.5. The molecule has 1 saturated heterocycles. The van der Waals surface area contributed by atoms with Gasteiger partial charge in [0.2, 0.25) is 0 Å². The van der Waals surface area contributed by atoms with Gasteiger partial charge in [-0.05, 0) is 12.8 Å². The van der Waals surface area contributed by atoms with E-state index in [1.165, 1.54) is 24.0 Å². The Labute approximate surface area is 101 Å². The molecule has 6 heteroatoms. The zero-order chi connectivity index (χ0) is 13.0. The normalized spacial score (nSPS) is 20.0. The van der Waals surface area contributed by atoms with E-state index < -0.39 is 6.23 Å². The summed E-state index contributed by atoms with van der Waals surface area (Å²) >= 11 is 0. The van der Waals surface area contributed by atoms with Gasteiger partial charge in [0.1, 0.15) is 19.0 Å². The van der Waals surface area contributed by atoms with Gasteiger partial charge in [0.05, 0.1) is 0 Å². The molecule has 0 bridgehead atoms. The summed E-state index contributed by atoms with van der Waals surface area (Å²) in [6.45, 7) is 3.83. The Morgan fingerprint density at radius 1 is 1.12 bits per heavy atom. The first kappa shape index (κ1) is 13.9. The molecule has 1 rings (SSSR count). The third-order valence-corrected chi connectivity index (χ3v) is 2.90. The van der Waals surface area contributed by atoms with E-state index >= 15 is 0 Å². The third kappa shape index (κ3) is 2.58. The highest BCUT2D eigenvalue weighted by atomic mass is 16.5. The Bertz CT molecular complexity index is 287. The van der Waals surface area contributed by atoms with Crippen molar-refractivity contribution in [3.63, 3.8) is 0 Å². The lowest BCUT2D eigenvalue weighted by atomic mass is 10.4. The van der Waals surface area contributed by atoms with E-state index in [1.54, 1.807) is 0 Å². The molecule has 2 unspecified atom stereocenters. The van der Waals surface area contributed by atoms with Crippen LogP contribution in [0, 0.1) is 0 Å². The van der Waals surface area contributed by atoms with E-state index in [-0.39, 0.29) is 24.7 Å². The summed E-state index contributed by atoms with van der Waals surface area (Å²) in [6, 6.07) is -0.336. The van der Waals surface area contributed by atoms with Crippen molar-refractivity contribution in [1.82, 2.24) is 9.80 Å². The van der Waals surface area contributed by atoms with Gasteiger partial charge < -0.3 is 9.47 Å². The van der Waals surface area contributed by atoms with Gasteiger partial charge in [-0.3, -0.25) is 9.69 Å². The number of imide groups is 1. The topological polar surface area (TPSA) is 59.1 Å². The van der Waals surface area contributed by atoms with Crippen molar-refractivity contribution < 1.29 is 19.1 Å². The van der Waals surface area contributed by atoms with Gasteiger partial charge in [0, 0.05) is 14.2 Å². The first-order valence-corrected chi connectivity index (χ1v) is 5.78. The average molecular weight is 244 g/mol. The van der Waals surface area contributed by atoms with E-state index in [0.29, 0.717) is 12.8 Å². The molecular weight excluding hydrogens is 224 g/mol. The summed E-state index contributed by atoms with van der Waals surface area (Å²) in [5.41, 5.74) is 0. The Morgan fingerprint density at radius 3 is 2.06 bits per heavy atom. The summed E-state index contributed by atoms with van der Waals surface area (Å²) in [5.74, 6) is -0.237. The summed E-state index contributed by atoms with van der Waals surface area (Å²) in [7, 11) is 3.02. The molecule has 17 heavy (non-hydrogen) atoms.